The molecule has 2 aromatic rings. The van der Waals surface area contributed by atoms with E-state index >= 15 is 0 Å². The molecule has 1 aliphatic heterocycles. The summed E-state index contributed by atoms with van der Waals surface area (Å²) in [5, 5.41) is 2.74. The summed E-state index contributed by atoms with van der Waals surface area (Å²) in [6.07, 6.45) is 2.26. The molecule has 2 aromatic carbocycles. The van der Waals surface area contributed by atoms with Crippen LogP contribution < -0.4 is 5.32 Å². The van der Waals surface area contributed by atoms with E-state index in [0.29, 0.717) is 22.4 Å². The van der Waals surface area contributed by atoms with E-state index in [-0.39, 0.29) is 36.3 Å². The number of imide groups is 1. The van der Waals surface area contributed by atoms with Gasteiger partial charge in [0, 0.05) is 49.4 Å². The van der Waals surface area contributed by atoms with Crippen molar-refractivity contribution >= 4 is 33.5 Å². The minimum atomic E-state index is -4.44. The van der Waals surface area contributed by atoms with Gasteiger partial charge in [-0.3, -0.25) is 23.8 Å². The van der Waals surface area contributed by atoms with E-state index in [1.54, 1.807) is 30.3 Å². The number of fused-ring (bicyclic) bond motifs is 3. The highest BCUT2D eigenvalue weighted by molar-refractivity contribution is 7.86. The molecule has 0 radical (unpaired) electrons. The van der Waals surface area contributed by atoms with Gasteiger partial charge in [-0.15, -0.1) is 0 Å². The average Bonchev–Trinajstić information content (AvgIpc) is 3.22. The first-order valence-corrected chi connectivity index (χ1v) is 11.2. The monoisotopic (exact) mass is 456 g/mol. The van der Waals surface area contributed by atoms with Gasteiger partial charge in [-0.2, -0.15) is 8.42 Å². The van der Waals surface area contributed by atoms with Crippen molar-refractivity contribution in [3.05, 3.63) is 59.7 Å². The van der Waals surface area contributed by atoms with Crippen molar-refractivity contribution < 1.29 is 32.1 Å². The molecule has 0 bridgehead atoms. The van der Waals surface area contributed by atoms with Crippen LogP contribution in [0.15, 0.2) is 53.4 Å². The lowest BCUT2D eigenvalue weighted by Crippen LogP contribution is -2.33. The van der Waals surface area contributed by atoms with Gasteiger partial charge in [0.05, 0.1) is 6.61 Å². The van der Waals surface area contributed by atoms with Crippen molar-refractivity contribution in [1.29, 1.82) is 0 Å². The number of amides is 3. The Labute approximate surface area is 184 Å². The lowest BCUT2D eigenvalue weighted by Gasteiger charge is -2.15. The SMILES string of the molecule is COCC1c2cc(NC(=O)CCN3C(=O)C=CC3=O)ccc2-c2c1cccc2S(=O)(=O)O. The summed E-state index contributed by atoms with van der Waals surface area (Å²) < 4.78 is 38.8. The Hall–Kier alpha value is -3.34. The van der Waals surface area contributed by atoms with Crippen molar-refractivity contribution in [1.82, 2.24) is 4.90 Å². The van der Waals surface area contributed by atoms with Crippen LogP contribution in [-0.2, 0) is 29.2 Å². The Morgan fingerprint density at radius 1 is 1.12 bits per heavy atom. The van der Waals surface area contributed by atoms with Crippen LogP contribution in [0.5, 0.6) is 0 Å². The van der Waals surface area contributed by atoms with E-state index in [9.17, 15) is 27.4 Å². The minimum absolute atomic E-state index is 0.0309. The summed E-state index contributed by atoms with van der Waals surface area (Å²) in [6.45, 7) is 0.245. The second kappa shape index (κ2) is 8.30. The van der Waals surface area contributed by atoms with E-state index in [1.807, 2.05) is 0 Å². The van der Waals surface area contributed by atoms with Crippen LogP contribution >= 0.6 is 0 Å². The van der Waals surface area contributed by atoms with Gasteiger partial charge in [0.2, 0.25) is 5.91 Å². The van der Waals surface area contributed by atoms with Crippen LogP contribution in [0.4, 0.5) is 5.69 Å². The van der Waals surface area contributed by atoms with Gasteiger partial charge in [0.1, 0.15) is 4.90 Å². The van der Waals surface area contributed by atoms with Gasteiger partial charge in [0.15, 0.2) is 0 Å². The predicted octanol–water partition coefficient (Wildman–Crippen LogP) is 1.95. The number of nitrogens with one attached hydrogen (secondary N) is 1. The fourth-order valence-corrected chi connectivity index (χ4v) is 4.84. The number of nitrogens with zero attached hydrogens (tertiary/aromatic N) is 1. The summed E-state index contributed by atoms with van der Waals surface area (Å²) in [4.78, 5) is 36.4. The molecule has 32 heavy (non-hydrogen) atoms. The average molecular weight is 456 g/mol. The van der Waals surface area contributed by atoms with Crippen LogP contribution in [0.2, 0.25) is 0 Å². The zero-order chi connectivity index (χ0) is 23.0. The van der Waals surface area contributed by atoms with E-state index < -0.39 is 21.9 Å². The van der Waals surface area contributed by atoms with Crippen LogP contribution in [0.3, 0.4) is 0 Å². The first-order chi connectivity index (χ1) is 15.2. The Bertz CT molecular complexity index is 1250. The van der Waals surface area contributed by atoms with E-state index in [0.717, 1.165) is 22.6 Å². The van der Waals surface area contributed by atoms with Crippen LogP contribution in [0.25, 0.3) is 11.1 Å². The van der Waals surface area contributed by atoms with Gasteiger partial charge in [-0.05, 0) is 34.9 Å². The number of rotatable bonds is 7. The molecule has 10 heteroatoms. The molecule has 0 spiro atoms. The third kappa shape index (κ3) is 3.95. The summed E-state index contributed by atoms with van der Waals surface area (Å²) >= 11 is 0. The molecule has 0 saturated heterocycles. The second-order valence-electron chi connectivity index (χ2n) is 7.47. The summed E-state index contributed by atoms with van der Waals surface area (Å²) in [5.41, 5.74) is 2.99. The van der Waals surface area contributed by atoms with Crippen molar-refractivity contribution in [2.75, 3.05) is 25.6 Å². The third-order valence-corrected chi connectivity index (χ3v) is 6.38. The number of ether oxygens (including phenoxy) is 1. The Morgan fingerprint density at radius 2 is 1.84 bits per heavy atom. The van der Waals surface area contributed by atoms with E-state index in [2.05, 4.69) is 5.32 Å². The molecule has 1 heterocycles. The van der Waals surface area contributed by atoms with Gasteiger partial charge in [-0.25, -0.2) is 0 Å². The number of carbonyl (C=O) groups is 3. The number of hydrogen-bond acceptors (Lipinski definition) is 6. The minimum Gasteiger partial charge on any atom is -0.384 e. The fourth-order valence-electron chi connectivity index (χ4n) is 4.10. The molecule has 1 unspecified atom stereocenters. The maximum atomic E-state index is 12.4. The maximum Gasteiger partial charge on any atom is 0.295 e. The normalized spacial score (nSPS) is 16.9. The first-order valence-electron chi connectivity index (χ1n) is 9.77. The predicted molar refractivity (Wildman–Crippen MR) is 115 cm³/mol. The topological polar surface area (TPSA) is 130 Å². The molecule has 166 valence electrons. The molecule has 2 aliphatic rings. The Kier molecular flexibility index (Phi) is 5.68. The van der Waals surface area contributed by atoms with Gasteiger partial charge in [0.25, 0.3) is 21.9 Å². The first kappa shape index (κ1) is 21.9. The van der Waals surface area contributed by atoms with E-state index in [1.165, 1.54) is 13.2 Å². The lowest BCUT2D eigenvalue weighted by atomic mass is 9.97. The van der Waals surface area contributed by atoms with Crippen LogP contribution in [-0.4, -0.2) is 55.9 Å². The van der Waals surface area contributed by atoms with E-state index in [4.69, 9.17) is 4.74 Å². The number of benzene rings is 2. The maximum absolute atomic E-state index is 12.4. The molecule has 1 atom stereocenters. The van der Waals surface area contributed by atoms with Gasteiger partial charge < -0.3 is 10.1 Å². The lowest BCUT2D eigenvalue weighted by molar-refractivity contribution is -0.137. The zero-order valence-electron chi connectivity index (χ0n) is 17.1. The van der Waals surface area contributed by atoms with Gasteiger partial charge >= 0.3 is 0 Å². The second-order valence-corrected chi connectivity index (χ2v) is 8.85. The van der Waals surface area contributed by atoms with Crippen molar-refractivity contribution in [2.45, 2.75) is 17.2 Å². The molecule has 4 rings (SSSR count). The number of hydrogen-bond donors (Lipinski definition) is 2. The number of carbonyl (C=O) groups excluding carboxylic acids is 3. The van der Waals surface area contributed by atoms with Crippen molar-refractivity contribution in [3.63, 3.8) is 0 Å². The molecule has 3 amide bonds. The highest BCUT2D eigenvalue weighted by Crippen LogP contribution is 2.48. The molecule has 0 fully saturated rings. The van der Waals surface area contributed by atoms with Crippen molar-refractivity contribution in [2.24, 2.45) is 0 Å². The Balaban J connectivity index is 1.59. The van der Waals surface area contributed by atoms with Crippen molar-refractivity contribution in [3.8, 4) is 11.1 Å². The number of anilines is 1. The molecule has 9 nitrogen and oxygen atoms in total. The quantitative estimate of drug-likeness (QED) is 0.481. The highest BCUT2D eigenvalue weighted by atomic mass is 32.2. The third-order valence-electron chi connectivity index (χ3n) is 5.49. The summed E-state index contributed by atoms with van der Waals surface area (Å²) in [6, 6.07) is 9.74. The molecular formula is C22H20N2O7S. The molecule has 2 N–H and O–H groups in total. The van der Waals surface area contributed by atoms with Crippen LogP contribution in [0, 0.1) is 0 Å². The van der Waals surface area contributed by atoms with Crippen LogP contribution in [0.1, 0.15) is 23.5 Å². The molecule has 0 aromatic heterocycles. The van der Waals surface area contributed by atoms with Gasteiger partial charge in [-0.1, -0.05) is 18.2 Å². The molecular weight excluding hydrogens is 436 g/mol. The Morgan fingerprint density at radius 3 is 2.50 bits per heavy atom. The fraction of sp³-hybridized carbons (Fsp3) is 0.227. The smallest absolute Gasteiger partial charge is 0.295 e. The summed E-state index contributed by atoms with van der Waals surface area (Å²) in [7, 11) is -2.90. The highest BCUT2D eigenvalue weighted by Gasteiger charge is 2.33. The molecule has 0 saturated carbocycles. The standard InChI is InChI=1S/C22H20N2O7S/c1-31-12-17-14-3-2-4-18(32(28,29)30)22(14)15-6-5-13(11-16(15)17)23-19(25)9-10-24-20(26)7-8-21(24)27/h2-8,11,17H,9-10,12H2,1H3,(H,23,25)(H,28,29,30). The molecule has 1 aliphatic carbocycles. The largest absolute Gasteiger partial charge is 0.384 e. The number of methoxy groups -OCH3 is 1. The zero-order valence-corrected chi connectivity index (χ0v) is 17.9. The summed E-state index contributed by atoms with van der Waals surface area (Å²) in [5.74, 6) is -1.56.